The number of hydrogen-bond acceptors (Lipinski definition) is 2. The third-order valence-electron chi connectivity index (χ3n) is 1.53. The lowest BCUT2D eigenvalue weighted by atomic mass is 10.1. The van der Waals surface area contributed by atoms with Gasteiger partial charge >= 0.3 is 0 Å². The SMILES string of the molecule is CC(C)c1nc(C(F)F)ncc1F. The molecule has 1 heterocycles. The molecular weight excluding hydrogens is 181 g/mol. The first-order valence-corrected chi connectivity index (χ1v) is 3.83. The number of alkyl halides is 2. The van der Waals surface area contributed by atoms with Crippen LogP contribution in [0.1, 0.15) is 37.7 Å². The molecule has 0 saturated carbocycles. The normalized spacial score (nSPS) is 11.3. The van der Waals surface area contributed by atoms with E-state index < -0.39 is 18.1 Å². The highest BCUT2D eigenvalue weighted by atomic mass is 19.3. The Bertz CT molecular complexity index is 299. The molecule has 0 aliphatic carbocycles. The van der Waals surface area contributed by atoms with E-state index in [1.807, 2.05) is 0 Å². The molecule has 1 aromatic heterocycles. The van der Waals surface area contributed by atoms with Crippen LogP contribution in [0, 0.1) is 5.82 Å². The van der Waals surface area contributed by atoms with Gasteiger partial charge in [-0.15, -0.1) is 0 Å². The minimum absolute atomic E-state index is 0.0327. The second-order valence-electron chi connectivity index (χ2n) is 2.92. The van der Waals surface area contributed by atoms with Crippen LogP contribution in [0.5, 0.6) is 0 Å². The first kappa shape index (κ1) is 9.95. The fraction of sp³-hybridized carbons (Fsp3) is 0.500. The van der Waals surface area contributed by atoms with Gasteiger partial charge < -0.3 is 0 Å². The van der Waals surface area contributed by atoms with Crippen molar-refractivity contribution in [2.45, 2.75) is 26.2 Å². The summed E-state index contributed by atoms with van der Waals surface area (Å²) in [5, 5.41) is 0. The van der Waals surface area contributed by atoms with Crippen molar-refractivity contribution in [1.29, 1.82) is 0 Å². The zero-order valence-corrected chi connectivity index (χ0v) is 7.26. The van der Waals surface area contributed by atoms with E-state index in [1.165, 1.54) is 0 Å². The Hall–Kier alpha value is -1.13. The molecule has 0 atom stereocenters. The second kappa shape index (κ2) is 3.72. The summed E-state index contributed by atoms with van der Waals surface area (Å²) in [6, 6.07) is 0. The van der Waals surface area contributed by atoms with Crippen LogP contribution < -0.4 is 0 Å². The van der Waals surface area contributed by atoms with Crippen molar-refractivity contribution in [2.24, 2.45) is 0 Å². The van der Waals surface area contributed by atoms with Crippen LogP contribution in [0.3, 0.4) is 0 Å². The molecule has 13 heavy (non-hydrogen) atoms. The fourth-order valence-corrected chi connectivity index (χ4v) is 0.905. The van der Waals surface area contributed by atoms with E-state index in [0.717, 1.165) is 6.20 Å². The molecule has 0 aliphatic rings. The van der Waals surface area contributed by atoms with Crippen LogP contribution in [0.2, 0.25) is 0 Å². The van der Waals surface area contributed by atoms with Gasteiger partial charge in [0.25, 0.3) is 6.43 Å². The number of hydrogen-bond donors (Lipinski definition) is 0. The van der Waals surface area contributed by atoms with Gasteiger partial charge in [-0.3, -0.25) is 0 Å². The maximum atomic E-state index is 12.9. The summed E-state index contributed by atoms with van der Waals surface area (Å²) >= 11 is 0. The highest BCUT2D eigenvalue weighted by Crippen LogP contribution is 2.19. The minimum Gasteiger partial charge on any atom is -0.233 e. The fourth-order valence-electron chi connectivity index (χ4n) is 0.905. The van der Waals surface area contributed by atoms with E-state index in [-0.39, 0.29) is 11.6 Å². The number of nitrogens with zero attached hydrogens (tertiary/aromatic N) is 2. The third kappa shape index (κ3) is 2.17. The molecule has 0 aromatic carbocycles. The molecule has 1 rings (SSSR count). The van der Waals surface area contributed by atoms with Crippen LogP contribution in [0.25, 0.3) is 0 Å². The summed E-state index contributed by atoms with van der Waals surface area (Å²) in [5.41, 5.74) is 0.0327. The van der Waals surface area contributed by atoms with Gasteiger partial charge in [-0.05, 0) is 5.92 Å². The van der Waals surface area contributed by atoms with E-state index in [9.17, 15) is 13.2 Å². The molecule has 2 nitrogen and oxygen atoms in total. The number of aromatic nitrogens is 2. The van der Waals surface area contributed by atoms with Crippen molar-refractivity contribution >= 4 is 0 Å². The van der Waals surface area contributed by atoms with Gasteiger partial charge in [0.1, 0.15) is 0 Å². The lowest BCUT2D eigenvalue weighted by Crippen LogP contribution is -2.04. The molecule has 0 aliphatic heterocycles. The summed E-state index contributed by atoms with van der Waals surface area (Å²) in [6.45, 7) is 3.36. The van der Waals surface area contributed by atoms with Gasteiger partial charge in [0, 0.05) is 0 Å². The van der Waals surface area contributed by atoms with Crippen LogP contribution in [-0.2, 0) is 0 Å². The average Bonchev–Trinajstić information content (AvgIpc) is 2.04. The molecule has 0 unspecified atom stereocenters. The highest BCUT2D eigenvalue weighted by Gasteiger charge is 2.15. The Morgan fingerprint density at radius 2 is 1.92 bits per heavy atom. The monoisotopic (exact) mass is 190 g/mol. The Labute approximate surface area is 73.8 Å². The molecule has 0 spiro atoms. The number of rotatable bonds is 2. The van der Waals surface area contributed by atoms with E-state index in [4.69, 9.17) is 0 Å². The molecule has 0 N–H and O–H groups in total. The first-order chi connectivity index (χ1) is 6.02. The first-order valence-electron chi connectivity index (χ1n) is 3.83. The van der Waals surface area contributed by atoms with Gasteiger partial charge in [0.05, 0.1) is 11.9 Å². The van der Waals surface area contributed by atoms with E-state index in [1.54, 1.807) is 13.8 Å². The van der Waals surface area contributed by atoms with Crippen molar-refractivity contribution in [3.8, 4) is 0 Å². The molecule has 0 bridgehead atoms. The third-order valence-corrected chi connectivity index (χ3v) is 1.53. The van der Waals surface area contributed by atoms with Gasteiger partial charge in [-0.2, -0.15) is 0 Å². The smallest absolute Gasteiger partial charge is 0.233 e. The molecular formula is C8H9F3N2. The van der Waals surface area contributed by atoms with Crippen LogP contribution in [-0.4, -0.2) is 9.97 Å². The molecule has 72 valence electrons. The summed E-state index contributed by atoms with van der Waals surface area (Å²) < 4.78 is 37.1. The number of halogens is 3. The zero-order valence-electron chi connectivity index (χ0n) is 7.26. The Morgan fingerprint density at radius 3 is 2.38 bits per heavy atom. The second-order valence-corrected chi connectivity index (χ2v) is 2.92. The van der Waals surface area contributed by atoms with E-state index >= 15 is 0 Å². The van der Waals surface area contributed by atoms with Crippen molar-refractivity contribution < 1.29 is 13.2 Å². The summed E-state index contributed by atoms with van der Waals surface area (Å²) in [4.78, 5) is 6.62. The van der Waals surface area contributed by atoms with Crippen molar-refractivity contribution in [1.82, 2.24) is 9.97 Å². The van der Waals surface area contributed by atoms with Gasteiger partial charge in [0.15, 0.2) is 11.6 Å². The lowest BCUT2D eigenvalue weighted by molar-refractivity contribution is 0.139. The average molecular weight is 190 g/mol. The van der Waals surface area contributed by atoms with Crippen LogP contribution in [0.15, 0.2) is 6.20 Å². The van der Waals surface area contributed by atoms with Crippen molar-refractivity contribution in [2.75, 3.05) is 0 Å². The van der Waals surface area contributed by atoms with E-state index in [2.05, 4.69) is 9.97 Å². The summed E-state index contributed by atoms with van der Waals surface area (Å²) in [5.74, 6) is -1.48. The molecule has 0 fully saturated rings. The van der Waals surface area contributed by atoms with Gasteiger partial charge in [0.2, 0.25) is 0 Å². The molecule has 0 radical (unpaired) electrons. The quantitative estimate of drug-likeness (QED) is 0.716. The summed E-state index contributed by atoms with van der Waals surface area (Å²) in [7, 11) is 0. The van der Waals surface area contributed by atoms with Crippen LogP contribution in [0.4, 0.5) is 13.2 Å². The van der Waals surface area contributed by atoms with Crippen molar-refractivity contribution in [3.05, 3.63) is 23.5 Å². The lowest BCUT2D eigenvalue weighted by Gasteiger charge is -2.06. The van der Waals surface area contributed by atoms with E-state index in [0.29, 0.717) is 0 Å². The topological polar surface area (TPSA) is 25.8 Å². The molecule has 0 amide bonds. The minimum atomic E-state index is -2.75. The predicted octanol–water partition coefficient (Wildman–Crippen LogP) is 2.68. The Morgan fingerprint density at radius 1 is 1.31 bits per heavy atom. The van der Waals surface area contributed by atoms with Gasteiger partial charge in [-0.25, -0.2) is 23.1 Å². The predicted molar refractivity (Wildman–Crippen MR) is 41.0 cm³/mol. The maximum Gasteiger partial charge on any atom is 0.297 e. The van der Waals surface area contributed by atoms with Gasteiger partial charge in [-0.1, -0.05) is 13.8 Å². The Balaban J connectivity index is 3.11. The largest absolute Gasteiger partial charge is 0.297 e. The molecule has 5 heteroatoms. The maximum absolute atomic E-state index is 12.9. The van der Waals surface area contributed by atoms with Crippen molar-refractivity contribution in [3.63, 3.8) is 0 Å². The summed E-state index contributed by atoms with van der Waals surface area (Å²) in [6.07, 6.45) is -1.97. The molecule has 1 aromatic rings. The highest BCUT2D eigenvalue weighted by molar-refractivity contribution is 5.09. The molecule has 0 saturated heterocycles. The Kier molecular flexibility index (Phi) is 2.85. The zero-order chi connectivity index (χ0) is 10.0. The van der Waals surface area contributed by atoms with Crippen LogP contribution >= 0.6 is 0 Å². The standard InChI is InChI=1S/C8H9F3N2/c1-4(2)6-5(9)3-12-8(13-6)7(10)11/h3-4,7H,1-2H3.